The topological polar surface area (TPSA) is 32.8 Å². The molecule has 136 valence electrons. The molecule has 0 bridgehead atoms. The van der Waals surface area contributed by atoms with Gasteiger partial charge in [0.25, 0.3) is 5.91 Å². The zero-order chi connectivity index (χ0) is 17.5. The van der Waals surface area contributed by atoms with Crippen molar-refractivity contribution in [3.05, 3.63) is 35.9 Å². The van der Waals surface area contributed by atoms with Crippen molar-refractivity contribution in [1.29, 1.82) is 0 Å². The predicted molar refractivity (Wildman–Crippen MR) is 93.9 cm³/mol. The molecule has 0 N–H and O–H groups in total. The van der Waals surface area contributed by atoms with Gasteiger partial charge in [-0.1, -0.05) is 30.3 Å². The number of likely N-dealkylation sites (N-methyl/N-ethyl adjacent to an activating group) is 1. The van der Waals surface area contributed by atoms with E-state index in [0.29, 0.717) is 26.1 Å². The molecule has 2 heterocycles. The summed E-state index contributed by atoms with van der Waals surface area (Å²) in [6.45, 7) is 4.80. The number of likely N-dealkylation sites (tertiary alicyclic amines) is 1. The third kappa shape index (κ3) is 3.20. The Hall–Kier alpha value is -1.46. The molecule has 4 rings (SSSR count). The van der Waals surface area contributed by atoms with Crippen LogP contribution in [0, 0.1) is 0 Å². The Bertz CT molecular complexity index is 624. The molecule has 2 saturated heterocycles. The third-order valence-electron chi connectivity index (χ3n) is 6.01. The number of hydrogen-bond acceptors (Lipinski definition) is 3. The molecule has 5 heteroatoms. The number of hydrogen-bond donors (Lipinski definition) is 0. The lowest BCUT2D eigenvalue weighted by Gasteiger charge is -2.50. The lowest BCUT2D eigenvalue weighted by atomic mass is 9.87. The lowest BCUT2D eigenvalue weighted by Crippen LogP contribution is -2.63. The molecule has 0 aromatic heterocycles. The number of benzene rings is 1. The third-order valence-corrected chi connectivity index (χ3v) is 6.01. The molecule has 2 spiro atoms. The van der Waals surface area contributed by atoms with Gasteiger partial charge >= 0.3 is 0 Å². The number of halogens is 1. The Morgan fingerprint density at radius 3 is 2.44 bits per heavy atom. The van der Waals surface area contributed by atoms with Crippen molar-refractivity contribution in [2.75, 3.05) is 26.2 Å². The summed E-state index contributed by atoms with van der Waals surface area (Å²) in [4.78, 5) is 16.3. The van der Waals surface area contributed by atoms with E-state index >= 15 is 0 Å². The number of nitrogens with zero attached hydrogens (tertiary/aromatic N) is 2. The molecule has 3 aliphatic rings. The Kier molecular flexibility index (Phi) is 4.32. The molecule has 4 nitrogen and oxygen atoms in total. The van der Waals surface area contributed by atoms with E-state index in [4.69, 9.17) is 4.74 Å². The number of piperidine rings is 1. The SMILES string of the molecule is CCN1CC2(CCN(C(F)Cc3ccccc3)CC2)OC2(CC2)C1=O. The van der Waals surface area contributed by atoms with E-state index in [9.17, 15) is 9.18 Å². The van der Waals surface area contributed by atoms with Crippen LogP contribution in [0.15, 0.2) is 30.3 Å². The number of ether oxygens (including phenoxy) is 1. The maximum absolute atomic E-state index is 14.7. The molecule has 1 unspecified atom stereocenters. The number of carbonyl (C=O) groups excluding carboxylic acids is 1. The molecule has 1 atom stereocenters. The van der Waals surface area contributed by atoms with E-state index < -0.39 is 11.9 Å². The molecule has 2 aliphatic heterocycles. The van der Waals surface area contributed by atoms with Gasteiger partial charge in [0.2, 0.25) is 0 Å². The summed E-state index contributed by atoms with van der Waals surface area (Å²) in [7, 11) is 0. The van der Waals surface area contributed by atoms with Crippen LogP contribution in [0.1, 0.15) is 38.2 Å². The van der Waals surface area contributed by atoms with Crippen LogP contribution in [0.2, 0.25) is 0 Å². The Morgan fingerprint density at radius 2 is 1.84 bits per heavy atom. The minimum absolute atomic E-state index is 0.163. The van der Waals surface area contributed by atoms with E-state index in [1.54, 1.807) is 0 Å². The molecule has 1 aromatic carbocycles. The zero-order valence-corrected chi connectivity index (χ0v) is 14.9. The van der Waals surface area contributed by atoms with Gasteiger partial charge < -0.3 is 9.64 Å². The van der Waals surface area contributed by atoms with E-state index in [1.807, 2.05) is 47.1 Å². The summed E-state index contributed by atoms with van der Waals surface area (Å²) in [6, 6.07) is 9.81. The second-order valence-electron chi connectivity index (χ2n) is 7.76. The van der Waals surface area contributed by atoms with Crippen LogP contribution >= 0.6 is 0 Å². The minimum atomic E-state index is -0.956. The van der Waals surface area contributed by atoms with Crippen LogP contribution in [0.5, 0.6) is 0 Å². The van der Waals surface area contributed by atoms with Crippen molar-refractivity contribution >= 4 is 5.91 Å². The first-order valence-corrected chi connectivity index (χ1v) is 9.47. The fourth-order valence-electron chi connectivity index (χ4n) is 4.29. The second kappa shape index (κ2) is 6.36. The molecular formula is C20H27FN2O2. The van der Waals surface area contributed by atoms with E-state index in [2.05, 4.69) is 0 Å². The number of rotatable bonds is 4. The molecule has 1 saturated carbocycles. The first kappa shape index (κ1) is 17.0. The molecular weight excluding hydrogens is 319 g/mol. The fraction of sp³-hybridized carbons (Fsp3) is 0.650. The van der Waals surface area contributed by atoms with E-state index in [-0.39, 0.29) is 11.5 Å². The first-order chi connectivity index (χ1) is 12.1. The highest BCUT2D eigenvalue weighted by atomic mass is 19.1. The van der Waals surface area contributed by atoms with Gasteiger partial charge in [-0.2, -0.15) is 0 Å². The average molecular weight is 346 g/mol. The highest BCUT2D eigenvalue weighted by Gasteiger charge is 2.61. The van der Waals surface area contributed by atoms with Gasteiger partial charge in [-0.15, -0.1) is 0 Å². The highest BCUT2D eigenvalue weighted by molar-refractivity contribution is 5.89. The summed E-state index contributed by atoms with van der Waals surface area (Å²) in [6.07, 6.45) is 2.75. The summed E-state index contributed by atoms with van der Waals surface area (Å²) >= 11 is 0. The van der Waals surface area contributed by atoms with Gasteiger partial charge in [0, 0.05) is 32.6 Å². The number of carbonyl (C=O) groups is 1. The normalized spacial score (nSPS) is 26.2. The van der Waals surface area contributed by atoms with Crippen molar-refractivity contribution in [3.63, 3.8) is 0 Å². The highest BCUT2D eigenvalue weighted by Crippen LogP contribution is 2.49. The van der Waals surface area contributed by atoms with Crippen molar-refractivity contribution in [1.82, 2.24) is 9.80 Å². The van der Waals surface area contributed by atoms with Crippen molar-refractivity contribution in [2.24, 2.45) is 0 Å². The van der Waals surface area contributed by atoms with Crippen LogP contribution < -0.4 is 0 Å². The second-order valence-corrected chi connectivity index (χ2v) is 7.76. The van der Waals surface area contributed by atoms with Crippen molar-refractivity contribution in [3.8, 4) is 0 Å². The Morgan fingerprint density at radius 1 is 1.16 bits per heavy atom. The summed E-state index contributed by atoms with van der Waals surface area (Å²) in [5, 5.41) is 0. The maximum atomic E-state index is 14.7. The largest absolute Gasteiger partial charge is 0.357 e. The summed E-state index contributed by atoms with van der Waals surface area (Å²) < 4.78 is 21.1. The summed E-state index contributed by atoms with van der Waals surface area (Å²) in [5.41, 5.74) is 0.211. The van der Waals surface area contributed by atoms with Crippen LogP contribution in [-0.2, 0) is 16.0 Å². The van der Waals surface area contributed by atoms with Gasteiger partial charge in [0.1, 0.15) is 5.60 Å². The molecule has 3 fully saturated rings. The van der Waals surface area contributed by atoms with Crippen molar-refractivity contribution < 1.29 is 13.9 Å². The molecule has 25 heavy (non-hydrogen) atoms. The van der Waals surface area contributed by atoms with Crippen LogP contribution in [-0.4, -0.2) is 59.4 Å². The zero-order valence-electron chi connectivity index (χ0n) is 14.9. The Balaban J connectivity index is 1.38. The minimum Gasteiger partial charge on any atom is -0.357 e. The summed E-state index contributed by atoms with van der Waals surface area (Å²) in [5.74, 6) is 0.163. The van der Waals surface area contributed by atoms with E-state index in [1.165, 1.54) is 0 Å². The van der Waals surface area contributed by atoms with E-state index in [0.717, 1.165) is 37.8 Å². The molecule has 1 aromatic rings. The fourth-order valence-corrected chi connectivity index (χ4v) is 4.29. The monoisotopic (exact) mass is 346 g/mol. The van der Waals surface area contributed by atoms with Crippen LogP contribution in [0.3, 0.4) is 0 Å². The number of alkyl halides is 1. The standard InChI is InChI=1S/C20H27FN2O2/c1-2-22-15-19(25-20(8-9-20)18(22)24)10-12-23(13-11-19)17(21)14-16-6-4-3-5-7-16/h3-7,17H,2,8-15H2,1H3. The quantitative estimate of drug-likeness (QED) is 0.786. The smallest absolute Gasteiger partial charge is 0.254 e. The average Bonchev–Trinajstić information content (AvgIpc) is 3.40. The van der Waals surface area contributed by atoms with Gasteiger partial charge in [0.15, 0.2) is 6.30 Å². The van der Waals surface area contributed by atoms with Gasteiger partial charge in [0.05, 0.1) is 5.60 Å². The van der Waals surface area contributed by atoms with Crippen LogP contribution in [0.25, 0.3) is 0 Å². The van der Waals surface area contributed by atoms with Gasteiger partial charge in [-0.3, -0.25) is 9.69 Å². The molecule has 0 radical (unpaired) electrons. The lowest BCUT2D eigenvalue weighted by molar-refractivity contribution is -0.202. The number of morpholine rings is 1. The van der Waals surface area contributed by atoms with Gasteiger partial charge in [-0.25, -0.2) is 4.39 Å². The predicted octanol–water partition coefficient (Wildman–Crippen LogP) is 2.77. The Labute approximate surface area is 148 Å². The molecule has 1 aliphatic carbocycles. The van der Waals surface area contributed by atoms with Gasteiger partial charge in [-0.05, 0) is 38.2 Å². The number of amides is 1. The van der Waals surface area contributed by atoms with Crippen molar-refractivity contribution in [2.45, 2.75) is 56.5 Å². The molecule has 1 amide bonds. The first-order valence-electron chi connectivity index (χ1n) is 9.47. The van der Waals surface area contributed by atoms with Crippen LogP contribution in [0.4, 0.5) is 4.39 Å². The maximum Gasteiger partial charge on any atom is 0.254 e.